The summed E-state index contributed by atoms with van der Waals surface area (Å²) in [7, 11) is 0. The second kappa shape index (κ2) is 15.9. The molecule has 0 aromatic heterocycles. The van der Waals surface area contributed by atoms with Gasteiger partial charge in [0.1, 0.15) is 13.1 Å². The Morgan fingerprint density at radius 2 is 1.78 bits per heavy atom. The molecule has 2 nitrogen and oxygen atoms in total. The lowest BCUT2D eigenvalue weighted by atomic mass is 10.6. The first-order valence-corrected chi connectivity index (χ1v) is 3.12. The minimum absolute atomic E-state index is 0. The fraction of sp³-hybridized carbons (Fsp3) is 1.00. The van der Waals surface area contributed by atoms with Crippen LogP contribution in [0.1, 0.15) is 0 Å². The van der Waals surface area contributed by atoms with Crippen LogP contribution in [0.4, 0.5) is 0 Å². The number of rotatable bonds is 4. The van der Waals surface area contributed by atoms with E-state index >= 15 is 0 Å². The summed E-state index contributed by atoms with van der Waals surface area (Å²) in [6.07, 6.45) is 0. The van der Waals surface area contributed by atoms with Crippen molar-refractivity contribution in [3.63, 3.8) is 0 Å². The van der Waals surface area contributed by atoms with Gasteiger partial charge >= 0.3 is 0 Å². The van der Waals surface area contributed by atoms with Crippen LogP contribution in [-0.4, -0.2) is 25.5 Å². The van der Waals surface area contributed by atoms with E-state index in [4.69, 9.17) is 11.6 Å². The summed E-state index contributed by atoms with van der Waals surface area (Å²) in [6, 6.07) is 0. The molecular formula is C4H13Cl3N2. The second-order valence-corrected chi connectivity index (χ2v) is 1.79. The van der Waals surface area contributed by atoms with Crippen molar-refractivity contribution < 1.29 is 35.9 Å². The van der Waals surface area contributed by atoms with Gasteiger partial charge in [-0.1, -0.05) is 0 Å². The normalized spacial score (nSPS) is 7.33. The first-order valence-electron chi connectivity index (χ1n) is 2.58. The van der Waals surface area contributed by atoms with Crippen molar-refractivity contribution in [2.24, 2.45) is 0 Å². The van der Waals surface area contributed by atoms with Crippen molar-refractivity contribution in [3.8, 4) is 0 Å². The zero-order chi connectivity index (χ0) is 5.54. The Kier molecular flexibility index (Phi) is 29.0. The van der Waals surface area contributed by atoms with E-state index in [1.807, 2.05) is 0 Å². The van der Waals surface area contributed by atoms with Crippen LogP contribution in [0.15, 0.2) is 0 Å². The van der Waals surface area contributed by atoms with Gasteiger partial charge in [-0.05, 0) is 0 Å². The van der Waals surface area contributed by atoms with Gasteiger partial charge in [0.2, 0.25) is 0 Å². The summed E-state index contributed by atoms with van der Waals surface area (Å²) < 4.78 is 0. The molecule has 5 heteroatoms. The summed E-state index contributed by atoms with van der Waals surface area (Å²) in [5, 5.41) is 2.17. The van der Waals surface area contributed by atoms with E-state index in [0.717, 1.165) is 25.5 Å². The first kappa shape index (κ1) is 16.4. The van der Waals surface area contributed by atoms with Crippen LogP contribution in [-0.2, 0) is 0 Å². The second-order valence-electron chi connectivity index (χ2n) is 1.41. The molecule has 0 rings (SSSR count). The van der Waals surface area contributed by atoms with Crippen molar-refractivity contribution in [2.75, 3.05) is 25.5 Å². The van der Waals surface area contributed by atoms with Gasteiger partial charge in [-0.2, -0.15) is 0 Å². The molecule has 0 aliphatic carbocycles. The Hall–Kier alpha value is 0.790. The molecule has 5 N–H and O–H groups in total. The molecule has 0 aromatic rings. The quantitative estimate of drug-likeness (QED) is 0.331. The lowest BCUT2D eigenvalue weighted by molar-refractivity contribution is -0.666. The molecule has 0 bridgehead atoms. The van der Waals surface area contributed by atoms with E-state index in [9.17, 15) is 0 Å². The third kappa shape index (κ3) is 17.7. The topological polar surface area (TPSA) is 44.2 Å². The molecule has 0 unspecified atom stereocenters. The standard InChI is InChI=1S/C4H11ClN2.2ClH/c5-1-3-7-4-2-6;;/h7H,1-4,6H2;2*1H. The van der Waals surface area contributed by atoms with E-state index in [1.165, 1.54) is 0 Å². The van der Waals surface area contributed by atoms with Gasteiger partial charge in [0.15, 0.2) is 0 Å². The fourth-order valence-electron chi connectivity index (χ4n) is 0.366. The SMILES string of the molecule is [Cl-].[Cl-].[NH3+]CC[NH2+]CCCl. The molecule has 0 aliphatic heterocycles. The highest BCUT2D eigenvalue weighted by Crippen LogP contribution is 1.60. The molecule has 0 amide bonds. The molecule has 0 spiro atoms. The highest BCUT2D eigenvalue weighted by Gasteiger charge is 1.83. The molecule has 0 atom stereocenters. The summed E-state index contributed by atoms with van der Waals surface area (Å²) in [5.41, 5.74) is 3.68. The van der Waals surface area contributed by atoms with Crippen molar-refractivity contribution in [2.45, 2.75) is 0 Å². The Morgan fingerprint density at radius 3 is 2.11 bits per heavy atom. The summed E-state index contributed by atoms with van der Waals surface area (Å²) >= 11 is 5.39. The Labute approximate surface area is 73.3 Å². The lowest BCUT2D eigenvalue weighted by Crippen LogP contribution is -3.00. The average molecular weight is 196 g/mol. The minimum atomic E-state index is 0. The van der Waals surface area contributed by atoms with Crippen LogP contribution < -0.4 is 35.9 Å². The fourth-order valence-corrected chi connectivity index (χ4v) is 0.520. The van der Waals surface area contributed by atoms with Gasteiger partial charge in [-0.3, -0.25) is 0 Å². The summed E-state index contributed by atoms with van der Waals surface area (Å²) in [5.74, 6) is 0.750. The van der Waals surface area contributed by atoms with E-state index in [1.54, 1.807) is 0 Å². The molecule has 60 valence electrons. The van der Waals surface area contributed by atoms with Crippen LogP contribution in [0.5, 0.6) is 0 Å². The Balaban J connectivity index is -0.000000180. The average Bonchev–Trinajstić information content (AvgIpc) is 1.69. The van der Waals surface area contributed by atoms with Gasteiger partial charge in [0.25, 0.3) is 0 Å². The molecule has 0 heterocycles. The number of quaternary nitrogens is 2. The molecule has 0 saturated heterocycles. The van der Waals surface area contributed by atoms with E-state index in [2.05, 4.69) is 11.1 Å². The number of nitrogens with two attached hydrogens (primary N) is 1. The maximum Gasteiger partial charge on any atom is 0.125 e. The zero-order valence-corrected chi connectivity index (χ0v) is 7.51. The Morgan fingerprint density at radius 1 is 1.22 bits per heavy atom. The van der Waals surface area contributed by atoms with Gasteiger partial charge in [0.05, 0.1) is 12.4 Å². The summed E-state index contributed by atoms with van der Waals surface area (Å²) in [6.45, 7) is 3.13. The van der Waals surface area contributed by atoms with Crippen LogP contribution >= 0.6 is 11.6 Å². The third-order valence-corrected chi connectivity index (χ3v) is 0.940. The minimum Gasteiger partial charge on any atom is -1.00 e. The molecule has 0 fully saturated rings. The Bertz CT molecular complexity index is 33.0. The van der Waals surface area contributed by atoms with E-state index < -0.39 is 0 Å². The smallest absolute Gasteiger partial charge is 0.125 e. The molecule has 0 aliphatic rings. The number of halogens is 3. The van der Waals surface area contributed by atoms with Crippen LogP contribution in [0.25, 0.3) is 0 Å². The molecule has 0 aromatic carbocycles. The highest BCUT2D eigenvalue weighted by atomic mass is 35.5. The number of hydrogen-bond donors (Lipinski definition) is 2. The lowest BCUT2D eigenvalue weighted by Gasteiger charge is -1.90. The predicted molar refractivity (Wildman–Crippen MR) is 30.1 cm³/mol. The van der Waals surface area contributed by atoms with Crippen molar-refractivity contribution in [3.05, 3.63) is 0 Å². The molecule has 9 heavy (non-hydrogen) atoms. The number of hydrogen-bond acceptors (Lipinski definition) is 0. The van der Waals surface area contributed by atoms with Crippen molar-refractivity contribution >= 4 is 11.6 Å². The predicted octanol–water partition coefficient (Wildman–Crippen LogP) is -7.96. The zero-order valence-electron chi connectivity index (χ0n) is 5.25. The van der Waals surface area contributed by atoms with Crippen LogP contribution in [0.3, 0.4) is 0 Å². The maximum atomic E-state index is 5.39. The van der Waals surface area contributed by atoms with Crippen LogP contribution in [0, 0.1) is 0 Å². The maximum absolute atomic E-state index is 5.39. The molecular weight excluding hydrogens is 182 g/mol. The van der Waals surface area contributed by atoms with Crippen molar-refractivity contribution in [1.82, 2.24) is 0 Å². The molecule has 0 radical (unpaired) electrons. The van der Waals surface area contributed by atoms with Gasteiger partial charge in [0, 0.05) is 0 Å². The third-order valence-electron chi connectivity index (χ3n) is 0.721. The monoisotopic (exact) mass is 194 g/mol. The van der Waals surface area contributed by atoms with Gasteiger partial charge < -0.3 is 35.9 Å². The van der Waals surface area contributed by atoms with Crippen molar-refractivity contribution in [1.29, 1.82) is 0 Å². The summed E-state index contributed by atoms with van der Waals surface area (Å²) in [4.78, 5) is 0. The molecule has 0 saturated carbocycles. The number of alkyl halides is 1. The van der Waals surface area contributed by atoms with E-state index in [-0.39, 0.29) is 24.8 Å². The van der Waals surface area contributed by atoms with Gasteiger partial charge in [-0.15, -0.1) is 11.6 Å². The van der Waals surface area contributed by atoms with Crippen LogP contribution in [0.2, 0.25) is 0 Å². The van der Waals surface area contributed by atoms with E-state index in [0.29, 0.717) is 0 Å². The highest BCUT2D eigenvalue weighted by molar-refractivity contribution is 6.17. The largest absolute Gasteiger partial charge is 1.00 e. The van der Waals surface area contributed by atoms with Gasteiger partial charge in [-0.25, -0.2) is 0 Å². The first-order chi connectivity index (χ1) is 3.41.